The van der Waals surface area contributed by atoms with Gasteiger partial charge in [0.1, 0.15) is 0 Å². The zero-order valence-corrected chi connectivity index (χ0v) is 39.7. The molecule has 0 aliphatic heterocycles. The Morgan fingerprint density at radius 1 is 0.458 bits per heavy atom. The van der Waals surface area contributed by atoms with E-state index in [0.717, 1.165) is 44.9 Å². The van der Waals surface area contributed by atoms with E-state index in [4.69, 9.17) is 4.74 Å². The van der Waals surface area contributed by atoms with Gasteiger partial charge in [-0.1, -0.05) is 257 Å². The average Bonchev–Trinajstić information content (AvgIpc) is 3.24. The van der Waals surface area contributed by atoms with Crippen molar-refractivity contribution in [1.82, 2.24) is 5.32 Å². The number of amides is 1. The summed E-state index contributed by atoms with van der Waals surface area (Å²) in [6.45, 7) is 4.89. The summed E-state index contributed by atoms with van der Waals surface area (Å²) in [4.78, 5) is 24.4. The van der Waals surface area contributed by atoms with E-state index in [1.54, 1.807) is 6.08 Å². The molecule has 6 nitrogen and oxygen atoms in total. The van der Waals surface area contributed by atoms with Gasteiger partial charge in [-0.15, -0.1) is 0 Å². The van der Waals surface area contributed by atoms with Crippen LogP contribution in [-0.2, 0) is 14.3 Å². The number of carbonyl (C=O) groups is 2. The smallest absolute Gasteiger partial charge is 0.305 e. The molecular formula is C53H103NO5. The van der Waals surface area contributed by atoms with E-state index >= 15 is 0 Å². The molecule has 0 aromatic rings. The van der Waals surface area contributed by atoms with Crippen molar-refractivity contribution < 1.29 is 24.5 Å². The maximum absolute atomic E-state index is 12.4. The molecule has 0 saturated carbocycles. The summed E-state index contributed by atoms with van der Waals surface area (Å²) >= 11 is 0. The second-order valence-electron chi connectivity index (χ2n) is 18.2. The number of nitrogens with one attached hydrogen (secondary N) is 1. The summed E-state index contributed by atoms with van der Waals surface area (Å²) in [6, 6.07) is -0.633. The highest BCUT2D eigenvalue weighted by Gasteiger charge is 2.18. The van der Waals surface area contributed by atoms with E-state index in [2.05, 4.69) is 19.2 Å². The Morgan fingerprint density at radius 3 is 1.15 bits per heavy atom. The normalized spacial score (nSPS) is 12.7. The largest absolute Gasteiger partial charge is 0.466 e. The lowest BCUT2D eigenvalue weighted by atomic mass is 10.0. The molecule has 0 aliphatic rings. The summed E-state index contributed by atoms with van der Waals surface area (Å²) in [6.07, 6.45) is 56.4. The molecule has 0 spiro atoms. The standard InChI is InChI=1S/C53H103NO5/c1-3-5-7-9-11-13-15-16-17-19-22-26-29-33-37-41-45-51(56)50(49-55)54-52(57)46-42-38-34-30-27-23-20-18-21-24-28-32-36-40-44-48-59-53(58)47-43-39-35-31-25-14-12-10-8-6-4-2/h41,45,50-51,55-56H,3-40,42-44,46-49H2,1-2H3,(H,54,57)/b45-41+. The number of hydrogen-bond donors (Lipinski definition) is 3. The third-order valence-corrected chi connectivity index (χ3v) is 12.3. The van der Waals surface area contributed by atoms with Crippen molar-refractivity contribution in [3.8, 4) is 0 Å². The average molecular weight is 834 g/mol. The number of allylic oxidation sites excluding steroid dienone is 1. The summed E-state index contributed by atoms with van der Waals surface area (Å²) in [5, 5.41) is 23.1. The highest BCUT2D eigenvalue weighted by molar-refractivity contribution is 5.76. The van der Waals surface area contributed by atoms with Gasteiger partial charge in [0.05, 0.1) is 25.4 Å². The third kappa shape index (κ3) is 45.9. The molecule has 2 unspecified atom stereocenters. The number of unbranched alkanes of at least 4 members (excludes halogenated alkanes) is 38. The molecule has 0 heterocycles. The minimum Gasteiger partial charge on any atom is -0.466 e. The summed E-state index contributed by atoms with van der Waals surface area (Å²) in [7, 11) is 0. The molecule has 1 amide bonds. The Hall–Kier alpha value is -1.40. The van der Waals surface area contributed by atoms with Crippen molar-refractivity contribution in [3.63, 3.8) is 0 Å². The molecule has 3 N–H and O–H groups in total. The Morgan fingerprint density at radius 2 is 0.780 bits per heavy atom. The molecule has 59 heavy (non-hydrogen) atoms. The van der Waals surface area contributed by atoms with Gasteiger partial charge < -0.3 is 20.3 Å². The number of carbonyl (C=O) groups excluding carboxylic acids is 2. The van der Waals surface area contributed by atoms with Gasteiger partial charge in [-0.25, -0.2) is 0 Å². The van der Waals surface area contributed by atoms with Gasteiger partial charge in [0.15, 0.2) is 0 Å². The van der Waals surface area contributed by atoms with Crippen molar-refractivity contribution in [2.45, 2.75) is 302 Å². The van der Waals surface area contributed by atoms with Crippen LogP contribution in [-0.4, -0.2) is 47.4 Å². The Kier molecular flexibility index (Phi) is 48.1. The minimum absolute atomic E-state index is 0.000561. The lowest BCUT2D eigenvalue weighted by Gasteiger charge is -2.20. The number of esters is 1. The Labute approximate surface area is 368 Å². The zero-order chi connectivity index (χ0) is 43.0. The number of aliphatic hydroxyl groups is 2. The van der Waals surface area contributed by atoms with Crippen molar-refractivity contribution in [1.29, 1.82) is 0 Å². The first-order chi connectivity index (χ1) is 29.0. The molecule has 0 saturated heterocycles. The maximum Gasteiger partial charge on any atom is 0.305 e. The van der Waals surface area contributed by atoms with Crippen molar-refractivity contribution in [3.05, 3.63) is 12.2 Å². The second kappa shape index (κ2) is 49.3. The monoisotopic (exact) mass is 834 g/mol. The predicted molar refractivity (Wildman–Crippen MR) is 255 cm³/mol. The third-order valence-electron chi connectivity index (χ3n) is 12.3. The summed E-state index contributed by atoms with van der Waals surface area (Å²) in [5.41, 5.74) is 0. The van der Waals surface area contributed by atoms with Crippen molar-refractivity contribution in [2.75, 3.05) is 13.2 Å². The van der Waals surface area contributed by atoms with Crippen LogP contribution < -0.4 is 5.32 Å². The first-order valence-corrected chi connectivity index (χ1v) is 26.5. The fraction of sp³-hybridized carbons (Fsp3) is 0.925. The van der Waals surface area contributed by atoms with Crippen LogP contribution in [0.25, 0.3) is 0 Å². The van der Waals surface area contributed by atoms with Crippen LogP contribution in [0, 0.1) is 0 Å². The highest BCUT2D eigenvalue weighted by atomic mass is 16.5. The first kappa shape index (κ1) is 57.6. The second-order valence-corrected chi connectivity index (χ2v) is 18.2. The van der Waals surface area contributed by atoms with Gasteiger partial charge in [-0.2, -0.15) is 0 Å². The minimum atomic E-state index is -0.849. The molecular weight excluding hydrogens is 731 g/mol. The zero-order valence-electron chi connectivity index (χ0n) is 39.7. The van der Waals surface area contributed by atoms with E-state index < -0.39 is 12.1 Å². The molecule has 0 fully saturated rings. The fourth-order valence-electron chi connectivity index (χ4n) is 8.22. The lowest BCUT2D eigenvalue weighted by Crippen LogP contribution is -2.45. The van der Waals surface area contributed by atoms with Crippen LogP contribution in [0.15, 0.2) is 12.2 Å². The molecule has 350 valence electrons. The van der Waals surface area contributed by atoms with Crippen LogP contribution in [0.2, 0.25) is 0 Å². The van der Waals surface area contributed by atoms with Crippen LogP contribution >= 0.6 is 0 Å². The highest BCUT2D eigenvalue weighted by Crippen LogP contribution is 2.16. The van der Waals surface area contributed by atoms with E-state index in [0.29, 0.717) is 19.4 Å². The van der Waals surface area contributed by atoms with E-state index in [1.165, 1.54) is 218 Å². The van der Waals surface area contributed by atoms with E-state index in [9.17, 15) is 19.8 Å². The summed E-state index contributed by atoms with van der Waals surface area (Å²) < 4.78 is 5.45. The van der Waals surface area contributed by atoms with Crippen LogP contribution in [0.3, 0.4) is 0 Å². The van der Waals surface area contributed by atoms with Gasteiger partial charge in [0, 0.05) is 12.8 Å². The van der Waals surface area contributed by atoms with Crippen molar-refractivity contribution in [2.24, 2.45) is 0 Å². The number of rotatable bonds is 49. The van der Waals surface area contributed by atoms with Crippen molar-refractivity contribution >= 4 is 11.9 Å². The van der Waals surface area contributed by atoms with Gasteiger partial charge in [0.25, 0.3) is 0 Å². The molecule has 2 atom stereocenters. The molecule has 0 bridgehead atoms. The predicted octanol–water partition coefficient (Wildman–Crippen LogP) is 15.7. The number of aliphatic hydroxyl groups excluding tert-OH is 2. The van der Waals surface area contributed by atoms with Gasteiger partial charge in [-0.05, 0) is 32.1 Å². The SMILES string of the molecule is CCCCCCCCCCCCCCCC/C=C/C(O)C(CO)NC(=O)CCCCCCCCCCCCCCCCCOC(=O)CCCCCCCCCCCCC. The molecule has 0 aromatic heterocycles. The van der Waals surface area contributed by atoms with Crippen LogP contribution in [0.4, 0.5) is 0 Å². The van der Waals surface area contributed by atoms with E-state index in [-0.39, 0.29) is 18.5 Å². The maximum atomic E-state index is 12.4. The topological polar surface area (TPSA) is 95.9 Å². The van der Waals surface area contributed by atoms with Gasteiger partial charge in [0.2, 0.25) is 5.91 Å². The van der Waals surface area contributed by atoms with E-state index in [1.807, 2.05) is 6.08 Å². The summed E-state index contributed by atoms with van der Waals surface area (Å²) in [5.74, 6) is -0.0754. The first-order valence-electron chi connectivity index (χ1n) is 26.5. The van der Waals surface area contributed by atoms with Crippen LogP contribution in [0.5, 0.6) is 0 Å². The Bertz CT molecular complexity index is 878. The molecule has 0 aromatic carbocycles. The quantitative estimate of drug-likeness (QED) is 0.0322. The molecule has 0 aliphatic carbocycles. The number of ether oxygens (including phenoxy) is 1. The molecule has 0 rings (SSSR count). The fourth-order valence-corrected chi connectivity index (χ4v) is 8.22. The lowest BCUT2D eigenvalue weighted by molar-refractivity contribution is -0.143. The molecule has 0 radical (unpaired) electrons. The van der Waals surface area contributed by atoms with Gasteiger partial charge >= 0.3 is 5.97 Å². The van der Waals surface area contributed by atoms with Crippen LogP contribution in [0.1, 0.15) is 290 Å². The number of hydrogen-bond acceptors (Lipinski definition) is 5. The molecule has 6 heteroatoms. The Balaban J connectivity index is 3.47. The van der Waals surface area contributed by atoms with Gasteiger partial charge in [-0.3, -0.25) is 9.59 Å².